The Labute approximate surface area is 122 Å². The van der Waals surface area contributed by atoms with Gasteiger partial charge in [-0.15, -0.1) is 0 Å². The van der Waals surface area contributed by atoms with Crippen LogP contribution in [0.25, 0.3) is 0 Å². The summed E-state index contributed by atoms with van der Waals surface area (Å²) in [5.74, 6) is 0. The Hall–Kier alpha value is -2.53. The standard InChI is InChI=1S/C15H9ClN4/c1-2-15(11-3-5-12(16)6-4-11)13(7-17,8-18)14(15,9-19)10-20/h3-6H,2H2,1H3. The van der Waals surface area contributed by atoms with Gasteiger partial charge in [0, 0.05) is 5.02 Å². The SMILES string of the molecule is CCC1(c2ccc(Cl)cc2)C(C#N)(C#N)C1(C#N)C#N. The summed E-state index contributed by atoms with van der Waals surface area (Å²) in [5, 5.41) is 38.3. The van der Waals surface area contributed by atoms with Gasteiger partial charge in [-0.25, -0.2) is 0 Å². The number of rotatable bonds is 2. The van der Waals surface area contributed by atoms with Crippen molar-refractivity contribution in [1.82, 2.24) is 0 Å². The first-order valence-corrected chi connectivity index (χ1v) is 6.34. The molecule has 1 aromatic carbocycles. The molecule has 0 bridgehead atoms. The number of hydrogen-bond donors (Lipinski definition) is 0. The molecule has 0 heterocycles. The third kappa shape index (κ3) is 1.13. The smallest absolute Gasteiger partial charge is 0.188 e. The molecule has 2 rings (SSSR count). The highest BCUT2D eigenvalue weighted by atomic mass is 35.5. The number of nitriles is 4. The van der Waals surface area contributed by atoms with E-state index in [4.69, 9.17) is 11.6 Å². The van der Waals surface area contributed by atoms with Crippen LogP contribution in [-0.2, 0) is 5.41 Å². The first-order chi connectivity index (χ1) is 9.55. The largest absolute Gasteiger partial charge is 0.196 e. The maximum Gasteiger partial charge on any atom is 0.188 e. The van der Waals surface area contributed by atoms with Crippen molar-refractivity contribution in [2.75, 3.05) is 0 Å². The molecule has 1 aliphatic carbocycles. The number of halogens is 1. The second-order valence-electron chi connectivity index (χ2n) is 4.71. The molecule has 0 aromatic heterocycles. The molecular weight excluding hydrogens is 272 g/mol. The molecule has 4 nitrogen and oxygen atoms in total. The van der Waals surface area contributed by atoms with Crippen LogP contribution in [0.2, 0.25) is 5.02 Å². The maximum absolute atomic E-state index is 9.44. The van der Waals surface area contributed by atoms with Crippen LogP contribution in [0.1, 0.15) is 18.9 Å². The van der Waals surface area contributed by atoms with Crippen LogP contribution in [0.15, 0.2) is 24.3 Å². The van der Waals surface area contributed by atoms with Gasteiger partial charge in [-0.2, -0.15) is 21.0 Å². The minimum absolute atomic E-state index is 0.344. The quantitative estimate of drug-likeness (QED) is 0.831. The number of nitrogens with zero attached hydrogens (tertiary/aromatic N) is 4. The highest BCUT2D eigenvalue weighted by molar-refractivity contribution is 6.30. The second-order valence-corrected chi connectivity index (χ2v) is 5.15. The molecule has 0 spiro atoms. The van der Waals surface area contributed by atoms with E-state index in [2.05, 4.69) is 0 Å². The molecule has 1 saturated carbocycles. The van der Waals surface area contributed by atoms with Gasteiger partial charge in [0.05, 0.1) is 29.7 Å². The van der Waals surface area contributed by atoms with E-state index < -0.39 is 16.2 Å². The molecule has 1 fully saturated rings. The van der Waals surface area contributed by atoms with Crippen LogP contribution >= 0.6 is 11.6 Å². The average Bonchev–Trinajstić information content (AvgIpc) is 3.04. The summed E-state index contributed by atoms with van der Waals surface area (Å²) in [6.07, 6.45) is 0.344. The summed E-state index contributed by atoms with van der Waals surface area (Å²) in [7, 11) is 0. The summed E-state index contributed by atoms with van der Waals surface area (Å²) >= 11 is 5.84. The molecule has 0 aliphatic heterocycles. The lowest BCUT2D eigenvalue weighted by Crippen LogP contribution is -2.17. The lowest BCUT2D eigenvalue weighted by atomic mass is 9.83. The van der Waals surface area contributed by atoms with Gasteiger partial charge in [0.2, 0.25) is 0 Å². The molecule has 0 atom stereocenters. The van der Waals surface area contributed by atoms with Crippen LogP contribution in [0.5, 0.6) is 0 Å². The van der Waals surface area contributed by atoms with Crippen molar-refractivity contribution in [3.05, 3.63) is 34.9 Å². The highest BCUT2D eigenvalue weighted by Crippen LogP contribution is 2.79. The van der Waals surface area contributed by atoms with Gasteiger partial charge in [-0.05, 0) is 24.1 Å². The number of benzene rings is 1. The molecule has 1 aliphatic rings. The minimum atomic E-state index is -1.65. The van der Waals surface area contributed by atoms with Gasteiger partial charge in [-0.3, -0.25) is 0 Å². The summed E-state index contributed by atoms with van der Waals surface area (Å²) in [6.45, 7) is 1.77. The Morgan fingerprint density at radius 1 is 0.900 bits per heavy atom. The molecule has 0 amide bonds. The molecule has 0 N–H and O–H groups in total. The zero-order valence-corrected chi connectivity index (χ0v) is 11.4. The summed E-state index contributed by atoms with van der Waals surface area (Å²) in [5.41, 5.74) is -3.77. The van der Waals surface area contributed by atoms with Crippen LogP contribution in [0.4, 0.5) is 0 Å². The van der Waals surface area contributed by atoms with Crippen molar-refractivity contribution in [2.24, 2.45) is 10.8 Å². The average molecular weight is 281 g/mol. The molecule has 5 heteroatoms. The van der Waals surface area contributed by atoms with Crippen molar-refractivity contribution in [3.63, 3.8) is 0 Å². The van der Waals surface area contributed by atoms with E-state index >= 15 is 0 Å². The normalized spacial score (nSPS) is 19.7. The van der Waals surface area contributed by atoms with E-state index in [9.17, 15) is 21.0 Å². The molecule has 20 heavy (non-hydrogen) atoms. The van der Waals surface area contributed by atoms with Crippen molar-refractivity contribution in [3.8, 4) is 24.3 Å². The molecular formula is C15H9ClN4. The fourth-order valence-electron chi connectivity index (χ4n) is 3.30. The van der Waals surface area contributed by atoms with E-state index in [0.29, 0.717) is 17.0 Å². The van der Waals surface area contributed by atoms with E-state index in [-0.39, 0.29) is 0 Å². The van der Waals surface area contributed by atoms with Gasteiger partial charge in [0.1, 0.15) is 0 Å². The van der Waals surface area contributed by atoms with Crippen molar-refractivity contribution in [1.29, 1.82) is 21.0 Å². The monoisotopic (exact) mass is 280 g/mol. The van der Waals surface area contributed by atoms with E-state index in [1.807, 2.05) is 24.3 Å². The Kier molecular flexibility index (Phi) is 2.95. The molecule has 96 valence electrons. The molecule has 0 radical (unpaired) electrons. The van der Waals surface area contributed by atoms with Crippen LogP contribution in [0.3, 0.4) is 0 Å². The Balaban J connectivity index is 2.79. The fourth-order valence-corrected chi connectivity index (χ4v) is 3.42. The third-order valence-corrected chi connectivity index (χ3v) is 4.57. The predicted octanol–water partition coefficient (Wildman–Crippen LogP) is 3.07. The Morgan fingerprint density at radius 2 is 1.30 bits per heavy atom. The van der Waals surface area contributed by atoms with E-state index in [1.54, 1.807) is 31.2 Å². The highest BCUT2D eigenvalue weighted by Gasteiger charge is 2.91. The topological polar surface area (TPSA) is 95.2 Å². The van der Waals surface area contributed by atoms with Crippen LogP contribution in [-0.4, -0.2) is 0 Å². The van der Waals surface area contributed by atoms with Crippen molar-refractivity contribution in [2.45, 2.75) is 18.8 Å². The predicted molar refractivity (Wildman–Crippen MR) is 70.7 cm³/mol. The van der Waals surface area contributed by atoms with E-state index in [0.717, 1.165) is 0 Å². The van der Waals surface area contributed by atoms with Crippen molar-refractivity contribution < 1.29 is 0 Å². The third-order valence-electron chi connectivity index (χ3n) is 4.32. The van der Waals surface area contributed by atoms with Crippen LogP contribution in [0, 0.1) is 56.2 Å². The molecule has 1 aromatic rings. The number of hydrogen-bond acceptors (Lipinski definition) is 4. The maximum atomic E-state index is 9.44. The summed E-state index contributed by atoms with van der Waals surface area (Å²) < 4.78 is 0. The Bertz CT molecular complexity index is 656. The van der Waals surface area contributed by atoms with Gasteiger partial charge in [0.25, 0.3) is 0 Å². The zero-order valence-electron chi connectivity index (χ0n) is 10.7. The van der Waals surface area contributed by atoms with Gasteiger partial charge < -0.3 is 0 Å². The van der Waals surface area contributed by atoms with Gasteiger partial charge in [0.15, 0.2) is 10.8 Å². The molecule has 0 saturated heterocycles. The van der Waals surface area contributed by atoms with E-state index in [1.165, 1.54) is 0 Å². The first-order valence-electron chi connectivity index (χ1n) is 5.97. The second kappa shape index (κ2) is 4.25. The minimum Gasteiger partial charge on any atom is -0.196 e. The fraction of sp³-hybridized carbons (Fsp3) is 0.333. The first kappa shape index (κ1) is 13.9. The van der Waals surface area contributed by atoms with Gasteiger partial charge >= 0.3 is 0 Å². The zero-order chi connectivity index (χ0) is 15.0. The van der Waals surface area contributed by atoms with Gasteiger partial charge in [-0.1, -0.05) is 30.7 Å². The Morgan fingerprint density at radius 3 is 1.60 bits per heavy atom. The lowest BCUT2D eigenvalue weighted by molar-refractivity contribution is 0.561. The lowest BCUT2D eigenvalue weighted by Gasteiger charge is -2.16. The molecule has 0 unspecified atom stereocenters. The van der Waals surface area contributed by atoms with Crippen molar-refractivity contribution >= 4 is 11.6 Å². The summed E-state index contributed by atoms with van der Waals surface area (Å²) in [4.78, 5) is 0. The summed E-state index contributed by atoms with van der Waals surface area (Å²) in [6, 6.07) is 14.2. The van der Waals surface area contributed by atoms with Crippen LogP contribution < -0.4 is 0 Å².